The zero-order valence-electron chi connectivity index (χ0n) is 30.5. The minimum atomic E-state index is -4.06. The fourth-order valence-corrected chi connectivity index (χ4v) is 8.66. The van der Waals surface area contributed by atoms with Crippen LogP contribution in [-0.4, -0.2) is 53.2 Å². The molecule has 6 rings (SSSR count). The maximum absolute atomic E-state index is 11.5. The number of anilines is 1. The number of carboxylic acid groups (broad SMARTS) is 1. The predicted octanol–water partition coefficient (Wildman–Crippen LogP) is 9.64. The highest BCUT2D eigenvalue weighted by atomic mass is 32.2. The van der Waals surface area contributed by atoms with Gasteiger partial charge in [0.05, 0.1) is 11.2 Å². The average molecular weight is 718 g/mol. The molecule has 0 aliphatic carbocycles. The molecule has 0 saturated heterocycles. The van der Waals surface area contributed by atoms with Gasteiger partial charge in [-0.25, -0.2) is 0 Å². The van der Waals surface area contributed by atoms with Gasteiger partial charge in [0.25, 0.3) is 10.1 Å². The smallest absolute Gasteiger partial charge is 0.303 e. The third kappa shape index (κ3) is 7.55. The normalized spacial score (nSPS) is 17.5. The molecule has 0 fully saturated rings. The molecular weight excluding hydrogens is 669 g/mol. The van der Waals surface area contributed by atoms with Crippen molar-refractivity contribution >= 4 is 54.7 Å². The second-order valence-corrected chi connectivity index (χ2v) is 16.4. The summed E-state index contributed by atoms with van der Waals surface area (Å²) in [5.41, 5.74) is 6.54. The minimum Gasteiger partial charge on any atom is -0.481 e. The Hall–Kier alpha value is -4.79. The summed E-state index contributed by atoms with van der Waals surface area (Å²) in [6.07, 6.45) is 17.4. The molecule has 0 aromatic heterocycles. The van der Waals surface area contributed by atoms with Crippen LogP contribution in [0, 0.1) is 0 Å². The van der Waals surface area contributed by atoms with Gasteiger partial charge in [0.2, 0.25) is 5.69 Å². The average Bonchev–Trinajstić information content (AvgIpc) is 3.45. The molecule has 2 aliphatic rings. The van der Waals surface area contributed by atoms with Gasteiger partial charge in [0.1, 0.15) is 6.54 Å². The highest BCUT2D eigenvalue weighted by Crippen LogP contribution is 2.51. The standard InChI is InChI=1S/C44H48N2O5S/c1-43(2)38(45(29-16-8-11-24-40(47)48)36-27-25-32-18-12-14-20-34(32)41(36)43)22-9-6-5-7-10-23-39-44(3,4)42-35-21-15-13-19-33(35)26-28-37(42)46(39)30-17-31-52(49,50)51/h5-7,9-10,12-15,18-23,25-28H,8,11,16-17,24,29-31H2,1-4H3,(H-,47,48,49,50,51)/p+1. The zero-order valence-corrected chi connectivity index (χ0v) is 31.4. The van der Waals surface area contributed by atoms with Crippen LogP contribution in [0.25, 0.3) is 21.5 Å². The fraction of sp³-hybridized carbons (Fsp3) is 0.318. The van der Waals surface area contributed by atoms with E-state index in [1.807, 2.05) is 30.4 Å². The highest BCUT2D eigenvalue weighted by molar-refractivity contribution is 7.85. The summed E-state index contributed by atoms with van der Waals surface area (Å²) in [6, 6.07) is 25.5. The molecule has 0 saturated carbocycles. The Kier molecular flexibility index (Phi) is 10.7. The summed E-state index contributed by atoms with van der Waals surface area (Å²) in [6.45, 7) is 10.3. The van der Waals surface area contributed by atoms with E-state index in [1.54, 1.807) is 0 Å². The van der Waals surface area contributed by atoms with Gasteiger partial charge in [-0.1, -0.05) is 105 Å². The highest BCUT2D eigenvalue weighted by Gasteiger charge is 2.45. The minimum absolute atomic E-state index is 0.200. The SMILES string of the molecule is CC1(C)C(/C=C/C=C/C=C/C=C2\N(CCCCCC(=O)O)c3ccc4ccccc4c3C2(C)C)=[N+](CCCS(=O)(=O)O)c2ccc3ccccc3c21. The molecule has 4 aromatic rings. The summed E-state index contributed by atoms with van der Waals surface area (Å²) >= 11 is 0. The lowest BCUT2D eigenvalue weighted by Gasteiger charge is -2.27. The van der Waals surface area contributed by atoms with Crippen molar-refractivity contribution in [2.75, 3.05) is 23.7 Å². The Balaban J connectivity index is 1.25. The summed E-state index contributed by atoms with van der Waals surface area (Å²) in [4.78, 5) is 13.5. The molecule has 270 valence electrons. The van der Waals surface area contributed by atoms with Crippen molar-refractivity contribution in [1.29, 1.82) is 0 Å². The van der Waals surface area contributed by atoms with Crippen molar-refractivity contribution in [2.24, 2.45) is 0 Å². The number of carboxylic acids is 1. The molecule has 0 unspecified atom stereocenters. The second kappa shape index (κ2) is 15.1. The third-order valence-corrected chi connectivity index (χ3v) is 11.3. The van der Waals surface area contributed by atoms with Crippen molar-refractivity contribution in [3.05, 3.63) is 132 Å². The van der Waals surface area contributed by atoms with E-state index in [1.165, 1.54) is 38.7 Å². The molecule has 0 bridgehead atoms. The summed E-state index contributed by atoms with van der Waals surface area (Å²) in [7, 11) is -4.06. The van der Waals surface area contributed by atoms with E-state index in [0.29, 0.717) is 19.4 Å². The number of hydrogen-bond donors (Lipinski definition) is 2. The lowest BCUT2D eigenvalue weighted by molar-refractivity contribution is -0.437. The van der Waals surface area contributed by atoms with Crippen LogP contribution in [0.2, 0.25) is 0 Å². The van der Waals surface area contributed by atoms with Crippen LogP contribution in [0.4, 0.5) is 11.4 Å². The predicted molar refractivity (Wildman–Crippen MR) is 214 cm³/mol. The van der Waals surface area contributed by atoms with Gasteiger partial charge >= 0.3 is 5.97 Å². The number of aliphatic carboxylic acids is 1. The van der Waals surface area contributed by atoms with Gasteiger partial charge in [-0.05, 0) is 72.0 Å². The van der Waals surface area contributed by atoms with E-state index < -0.39 is 16.1 Å². The van der Waals surface area contributed by atoms with Crippen molar-refractivity contribution in [2.45, 2.75) is 70.6 Å². The van der Waals surface area contributed by atoms with E-state index in [-0.39, 0.29) is 23.0 Å². The van der Waals surface area contributed by atoms with Gasteiger partial charge < -0.3 is 10.0 Å². The molecule has 0 amide bonds. The van der Waals surface area contributed by atoms with E-state index in [0.717, 1.165) is 36.2 Å². The van der Waals surface area contributed by atoms with Crippen LogP contribution in [-0.2, 0) is 25.7 Å². The van der Waals surface area contributed by atoms with Gasteiger partial charge in [0, 0.05) is 53.9 Å². The van der Waals surface area contributed by atoms with Crippen molar-refractivity contribution in [3.8, 4) is 0 Å². The molecule has 2 heterocycles. The molecule has 0 spiro atoms. The van der Waals surface area contributed by atoms with Crippen LogP contribution < -0.4 is 4.90 Å². The zero-order chi connectivity index (χ0) is 37.1. The summed E-state index contributed by atoms with van der Waals surface area (Å²) in [5.74, 6) is -1.03. The van der Waals surface area contributed by atoms with Gasteiger partial charge in [-0.15, -0.1) is 0 Å². The number of hydrogen-bond acceptors (Lipinski definition) is 4. The Bertz CT molecular complexity index is 2270. The van der Waals surface area contributed by atoms with Crippen LogP contribution in [0.1, 0.15) is 70.9 Å². The first kappa shape index (κ1) is 37.0. The number of carbonyl (C=O) groups is 1. The van der Waals surface area contributed by atoms with E-state index in [4.69, 9.17) is 5.11 Å². The molecule has 0 atom stereocenters. The summed E-state index contributed by atoms with van der Waals surface area (Å²) in [5, 5.41) is 13.9. The summed E-state index contributed by atoms with van der Waals surface area (Å²) < 4.78 is 34.7. The Morgan fingerprint density at radius 1 is 0.750 bits per heavy atom. The Morgan fingerprint density at radius 2 is 1.38 bits per heavy atom. The van der Waals surface area contributed by atoms with Crippen molar-refractivity contribution in [3.63, 3.8) is 0 Å². The first-order chi connectivity index (χ1) is 24.8. The van der Waals surface area contributed by atoms with Gasteiger partial charge in [-0.2, -0.15) is 13.0 Å². The van der Waals surface area contributed by atoms with E-state index in [9.17, 15) is 17.8 Å². The molecule has 0 radical (unpaired) electrons. The lowest BCUT2D eigenvalue weighted by atomic mass is 9.79. The van der Waals surface area contributed by atoms with Crippen LogP contribution >= 0.6 is 0 Å². The quantitative estimate of drug-likeness (QED) is 0.0584. The number of fused-ring (bicyclic) bond motifs is 6. The largest absolute Gasteiger partial charge is 0.481 e. The maximum atomic E-state index is 11.5. The fourth-order valence-electron chi connectivity index (χ4n) is 8.17. The molecule has 52 heavy (non-hydrogen) atoms. The Labute approximate surface area is 307 Å². The molecule has 2 aliphatic heterocycles. The molecule has 7 nitrogen and oxygen atoms in total. The van der Waals surface area contributed by atoms with E-state index >= 15 is 0 Å². The van der Waals surface area contributed by atoms with Gasteiger partial charge in [-0.3, -0.25) is 9.35 Å². The number of unbranched alkanes of at least 4 members (excludes halogenated alkanes) is 2. The van der Waals surface area contributed by atoms with Crippen LogP contribution in [0.15, 0.2) is 121 Å². The molecule has 8 heteroatoms. The molecule has 4 aromatic carbocycles. The van der Waals surface area contributed by atoms with Crippen molar-refractivity contribution in [1.82, 2.24) is 0 Å². The van der Waals surface area contributed by atoms with Crippen LogP contribution in [0.5, 0.6) is 0 Å². The number of benzene rings is 4. The first-order valence-corrected chi connectivity index (χ1v) is 19.8. The van der Waals surface area contributed by atoms with Gasteiger partial charge in [0.15, 0.2) is 5.71 Å². The second-order valence-electron chi connectivity index (χ2n) is 14.8. The lowest BCUT2D eigenvalue weighted by Crippen LogP contribution is -2.28. The monoisotopic (exact) mass is 717 g/mol. The Morgan fingerprint density at radius 3 is 2.08 bits per heavy atom. The molecule has 2 N–H and O–H groups in total. The third-order valence-electron chi connectivity index (χ3n) is 10.5. The number of rotatable bonds is 14. The maximum Gasteiger partial charge on any atom is 0.303 e. The number of nitrogens with zero attached hydrogens (tertiary/aromatic N) is 2. The van der Waals surface area contributed by atoms with Crippen molar-refractivity contribution < 1.29 is 27.4 Å². The first-order valence-electron chi connectivity index (χ1n) is 18.2. The number of allylic oxidation sites excluding steroid dienone is 8. The van der Waals surface area contributed by atoms with E-state index in [2.05, 4.69) is 122 Å². The topological polar surface area (TPSA) is 97.9 Å². The molecular formula is C44H49N2O5S+. The van der Waals surface area contributed by atoms with Crippen LogP contribution in [0.3, 0.4) is 0 Å².